The van der Waals surface area contributed by atoms with Crippen molar-refractivity contribution in [2.45, 2.75) is 19.8 Å². The summed E-state index contributed by atoms with van der Waals surface area (Å²) in [5.41, 5.74) is 0.692. The van der Waals surface area contributed by atoms with Crippen molar-refractivity contribution in [3.8, 4) is 0 Å². The fraction of sp³-hybridized carbons (Fsp3) is 0.375. The molecule has 120 valence electrons. The van der Waals surface area contributed by atoms with E-state index in [0.717, 1.165) is 31.6 Å². The summed E-state index contributed by atoms with van der Waals surface area (Å²) in [5, 5.41) is 14.6. The van der Waals surface area contributed by atoms with Crippen LogP contribution in [0.1, 0.15) is 19.8 Å². The molecule has 1 fully saturated rings. The molecule has 1 atom stereocenters. The Balaban J connectivity index is 1.97. The molecular formula is C16H19N5O2. The number of benzene rings is 1. The number of piperidine rings is 1. The Labute approximate surface area is 134 Å². The second-order valence-electron chi connectivity index (χ2n) is 5.84. The predicted molar refractivity (Wildman–Crippen MR) is 89.0 cm³/mol. The Morgan fingerprint density at radius 1 is 1.30 bits per heavy atom. The molecule has 1 saturated heterocycles. The zero-order chi connectivity index (χ0) is 16.2. The molecule has 2 heterocycles. The van der Waals surface area contributed by atoms with Crippen molar-refractivity contribution in [1.29, 1.82) is 0 Å². The maximum absolute atomic E-state index is 11.6. The van der Waals surface area contributed by atoms with Crippen molar-refractivity contribution in [2.24, 2.45) is 5.92 Å². The van der Waals surface area contributed by atoms with Crippen LogP contribution in [0.4, 0.5) is 23.0 Å². The van der Waals surface area contributed by atoms with Crippen LogP contribution in [0.25, 0.3) is 0 Å². The highest BCUT2D eigenvalue weighted by molar-refractivity contribution is 5.74. The van der Waals surface area contributed by atoms with Gasteiger partial charge >= 0.3 is 5.69 Å². The molecule has 3 rings (SSSR count). The number of nitro groups is 1. The first kappa shape index (κ1) is 15.2. The molecule has 1 unspecified atom stereocenters. The topological polar surface area (TPSA) is 84.2 Å². The smallest absolute Gasteiger partial charge is 0.350 e. The molecule has 1 aromatic carbocycles. The number of anilines is 3. The number of aromatic nitrogens is 2. The number of rotatable bonds is 4. The lowest BCUT2D eigenvalue weighted by Gasteiger charge is -2.31. The highest BCUT2D eigenvalue weighted by Gasteiger charge is 2.29. The maximum atomic E-state index is 11.6. The van der Waals surface area contributed by atoms with Crippen LogP contribution in [0, 0.1) is 16.0 Å². The molecule has 7 nitrogen and oxygen atoms in total. The van der Waals surface area contributed by atoms with E-state index < -0.39 is 4.92 Å². The van der Waals surface area contributed by atoms with Gasteiger partial charge in [-0.1, -0.05) is 25.1 Å². The fourth-order valence-electron chi connectivity index (χ4n) is 2.90. The molecule has 0 saturated carbocycles. The lowest BCUT2D eigenvalue weighted by atomic mass is 10.0. The van der Waals surface area contributed by atoms with Gasteiger partial charge < -0.3 is 10.2 Å². The summed E-state index contributed by atoms with van der Waals surface area (Å²) < 4.78 is 0. The average Bonchev–Trinajstić information content (AvgIpc) is 2.55. The molecule has 23 heavy (non-hydrogen) atoms. The number of nitrogens with one attached hydrogen (secondary N) is 1. The van der Waals surface area contributed by atoms with Crippen molar-refractivity contribution in [2.75, 3.05) is 23.3 Å². The van der Waals surface area contributed by atoms with Crippen LogP contribution in [0.2, 0.25) is 0 Å². The highest BCUT2D eigenvalue weighted by atomic mass is 16.6. The third kappa shape index (κ3) is 3.39. The van der Waals surface area contributed by atoms with Crippen LogP contribution >= 0.6 is 0 Å². The molecule has 1 aromatic heterocycles. The van der Waals surface area contributed by atoms with E-state index in [1.165, 1.54) is 6.33 Å². The molecule has 1 N–H and O–H groups in total. The largest absolute Gasteiger partial charge is 0.353 e. The molecule has 7 heteroatoms. The minimum atomic E-state index is -0.403. The van der Waals surface area contributed by atoms with E-state index in [9.17, 15) is 10.1 Å². The van der Waals surface area contributed by atoms with E-state index in [4.69, 9.17) is 0 Å². The van der Waals surface area contributed by atoms with E-state index in [1.54, 1.807) is 0 Å². The predicted octanol–water partition coefficient (Wildman–Crippen LogP) is 3.36. The van der Waals surface area contributed by atoms with Crippen LogP contribution in [0.15, 0.2) is 36.7 Å². The highest BCUT2D eigenvalue weighted by Crippen LogP contribution is 2.35. The minimum absolute atomic E-state index is 0.0644. The molecule has 0 amide bonds. The van der Waals surface area contributed by atoms with Crippen molar-refractivity contribution >= 4 is 23.0 Å². The summed E-state index contributed by atoms with van der Waals surface area (Å²) in [6.07, 6.45) is 3.54. The molecule has 2 aromatic rings. The van der Waals surface area contributed by atoms with E-state index in [2.05, 4.69) is 22.2 Å². The first-order chi connectivity index (χ1) is 11.1. The summed E-state index contributed by atoms with van der Waals surface area (Å²) in [6, 6.07) is 9.30. The Kier molecular flexibility index (Phi) is 4.36. The third-order valence-electron chi connectivity index (χ3n) is 3.98. The summed E-state index contributed by atoms with van der Waals surface area (Å²) in [6.45, 7) is 3.72. The minimum Gasteiger partial charge on any atom is -0.350 e. The SMILES string of the molecule is CC1CCCN(c2ncnc(Nc3ccccc3)c2[N+](=O)[O-])C1. The second-order valence-corrected chi connectivity index (χ2v) is 5.84. The number of para-hydroxylation sites is 1. The quantitative estimate of drug-likeness (QED) is 0.688. The van der Waals surface area contributed by atoms with Gasteiger partial charge in [0.05, 0.1) is 4.92 Å². The first-order valence-corrected chi connectivity index (χ1v) is 7.71. The number of hydrogen-bond donors (Lipinski definition) is 1. The zero-order valence-electron chi connectivity index (χ0n) is 13.0. The van der Waals surface area contributed by atoms with Gasteiger partial charge in [0.25, 0.3) is 0 Å². The molecule has 0 bridgehead atoms. The summed E-state index contributed by atoms with van der Waals surface area (Å²) in [7, 11) is 0. The van der Waals surface area contributed by atoms with Crippen LogP contribution in [0.3, 0.4) is 0 Å². The zero-order valence-corrected chi connectivity index (χ0v) is 13.0. The monoisotopic (exact) mass is 313 g/mol. The molecule has 0 spiro atoms. The van der Waals surface area contributed by atoms with Crippen molar-refractivity contribution < 1.29 is 4.92 Å². The molecular weight excluding hydrogens is 294 g/mol. The molecule has 1 aliphatic rings. The van der Waals surface area contributed by atoms with Gasteiger partial charge in [-0.25, -0.2) is 9.97 Å². The molecule has 0 radical (unpaired) electrons. The van der Waals surface area contributed by atoms with Crippen LogP contribution in [-0.4, -0.2) is 28.0 Å². The van der Waals surface area contributed by atoms with Gasteiger partial charge in [0.2, 0.25) is 11.6 Å². The Hall–Kier alpha value is -2.70. The van der Waals surface area contributed by atoms with Gasteiger partial charge in [0.1, 0.15) is 6.33 Å². The van der Waals surface area contributed by atoms with Gasteiger partial charge in [-0.15, -0.1) is 0 Å². The van der Waals surface area contributed by atoms with Crippen molar-refractivity contribution in [1.82, 2.24) is 9.97 Å². The van der Waals surface area contributed by atoms with Crippen LogP contribution in [0.5, 0.6) is 0 Å². The lowest BCUT2D eigenvalue weighted by Crippen LogP contribution is -2.35. The van der Waals surface area contributed by atoms with Crippen molar-refractivity contribution in [3.63, 3.8) is 0 Å². The second kappa shape index (κ2) is 6.60. The van der Waals surface area contributed by atoms with E-state index in [0.29, 0.717) is 11.7 Å². The van der Waals surface area contributed by atoms with Gasteiger partial charge in [0.15, 0.2) is 0 Å². The van der Waals surface area contributed by atoms with Crippen LogP contribution < -0.4 is 10.2 Å². The Morgan fingerprint density at radius 3 is 2.78 bits per heavy atom. The fourth-order valence-corrected chi connectivity index (χ4v) is 2.90. The van der Waals surface area contributed by atoms with Gasteiger partial charge in [-0.05, 0) is 30.9 Å². The van der Waals surface area contributed by atoms with Crippen molar-refractivity contribution in [3.05, 3.63) is 46.8 Å². The number of hydrogen-bond acceptors (Lipinski definition) is 6. The van der Waals surface area contributed by atoms with Gasteiger partial charge in [0, 0.05) is 18.8 Å². The molecule has 1 aliphatic heterocycles. The maximum Gasteiger partial charge on any atom is 0.353 e. The lowest BCUT2D eigenvalue weighted by molar-refractivity contribution is -0.383. The van der Waals surface area contributed by atoms with E-state index in [1.807, 2.05) is 35.2 Å². The normalized spacial score (nSPS) is 17.8. The Morgan fingerprint density at radius 2 is 2.09 bits per heavy atom. The molecule has 0 aliphatic carbocycles. The summed E-state index contributed by atoms with van der Waals surface area (Å²) >= 11 is 0. The van der Waals surface area contributed by atoms with E-state index in [-0.39, 0.29) is 11.5 Å². The average molecular weight is 313 g/mol. The first-order valence-electron chi connectivity index (χ1n) is 7.71. The van der Waals surface area contributed by atoms with Gasteiger partial charge in [-0.2, -0.15) is 0 Å². The number of nitrogens with zero attached hydrogens (tertiary/aromatic N) is 4. The Bertz CT molecular complexity index is 692. The summed E-state index contributed by atoms with van der Waals surface area (Å²) in [5.74, 6) is 1.13. The van der Waals surface area contributed by atoms with E-state index >= 15 is 0 Å². The summed E-state index contributed by atoms with van der Waals surface area (Å²) in [4.78, 5) is 21.5. The standard InChI is InChI=1S/C16H19N5O2/c1-12-6-5-9-20(10-12)16-14(21(22)23)15(17-11-18-16)19-13-7-3-2-4-8-13/h2-4,7-8,11-12H,5-6,9-10H2,1H3,(H,17,18,19). The van der Waals surface area contributed by atoms with Crippen LogP contribution in [-0.2, 0) is 0 Å². The third-order valence-corrected chi connectivity index (χ3v) is 3.98. The van der Waals surface area contributed by atoms with Gasteiger partial charge in [-0.3, -0.25) is 10.1 Å².